The number of halogens is 1. The van der Waals surface area contributed by atoms with Gasteiger partial charge in [-0.3, -0.25) is 0 Å². The van der Waals surface area contributed by atoms with Gasteiger partial charge in [0.05, 0.1) is 10.7 Å². The van der Waals surface area contributed by atoms with Crippen molar-refractivity contribution in [3.8, 4) is 5.75 Å². The Labute approximate surface area is 137 Å². The summed E-state index contributed by atoms with van der Waals surface area (Å²) in [7, 11) is 0. The molecule has 0 fully saturated rings. The summed E-state index contributed by atoms with van der Waals surface area (Å²) in [5.74, 6) is 1.02. The van der Waals surface area contributed by atoms with Crippen LogP contribution in [-0.4, -0.2) is 17.6 Å². The summed E-state index contributed by atoms with van der Waals surface area (Å²) in [6.45, 7) is 7.18. The monoisotopic (exact) mass is 366 g/mol. The smallest absolute Gasteiger partial charge is 0.123 e. The third-order valence-corrected chi connectivity index (χ3v) is 5.50. The third-order valence-electron chi connectivity index (χ3n) is 3.75. The van der Waals surface area contributed by atoms with Gasteiger partial charge in [-0.15, -0.1) is 11.3 Å². The minimum Gasteiger partial charge on any atom is -0.488 e. The van der Waals surface area contributed by atoms with Crippen molar-refractivity contribution in [3.05, 3.63) is 43.8 Å². The highest BCUT2D eigenvalue weighted by atomic mass is 79.9. The van der Waals surface area contributed by atoms with Crippen LogP contribution in [0.25, 0.3) is 0 Å². The molecule has 0 aliphatic carbocycles. The van der Waals surface area contributed by atoms with Crippen LogP contribution >= 0.6 is 27.3 Å². The van der Waals surface area contributed by atoms with Gasteiger partial charge >= 0.3 is 0 Å². The normalized spacial score (nSPS) is 18.4. The van der Waals surface area contributed by atoms with Gasteiger partial charge in [-0.05, 0) is 44.5 Å². The molecular weight excluding hydrogens is 348 g/mol. The third kappa shape index (κ3) is 3.30. The van der Waals surface area contributed by atoms with E-state index >= 15 is 0 Å². The van der Waals surface area contributed by atoms with Crippen LogP contribution in [0.1, 0.15) is 34.1 Å². The Morgan fingerprint density at radius 3 is 3.00 bits per heavy atom. The highest BCUT2D eigenvalue weighted by Gasteiger charge is 2.23. The molecule has 0 radical (unpaired) electrons. The van der Waals surface area contributed by atoms with Gasteiger partial charge in [0.2, 0.25) is 0 Å². The van der Waals surface area contributed by atoms with Crippen molar-refractivity contribution in [1.29, 1.82) is 0 Å². The second kappa shape index (κ2) is 6.07. The van der Waals surface area contributed by atoms with E-state index in [0.29, 0.717) is 6.04 Å². The van der Waals surface area contributed by atoms with Crippen molar-refractivity contribution in [2.24, 2.45) is 0 Å². The Morgan fingerprint density at radius 1 is 1.48 bits per heavy atom. The van der Waals surface area contributed by atoms with E-state index in [1.54, 1.807) is 11.3 Å². The van der Waals surface area contributed by atoms with Gasteiger partial charge in [0.1, 0.15) is 11.9 Å². The van der Waals surface area contributed by atoms with Crippen LogP contribution in [0.4, 0.5) is 0 Å². The summed E-state index contributed by atoms with van der Waals surface area (Å²) in [5, 5.41) is 4.71. The first-order valence-corrected chi connectivity index (χ1v) is 8.76. The molecule has 2 unspecified atom stereocenters. The van der Waals surface area contributed by atoms with Crippen LogP contribution < -0.4 is 10.1 Å². The zero-order valence-electron chi connectivity index (χ0n) is 12.4. The molecule has 3 rings (SSSR count). The molecule has 2 atom stereocenters. The average Bonchev–Trinajstić information content (AvgIpc) is 2.98. The maximum absolute atomic E-state index is 5.99. The Morgan fingerprint density at radius 2 is 2.29 bits per heavy atom. The standard InChI is InChI=1S/C16H19BrN2OS/c1-9(16-10(2)19-11(3)21-16)18-8-14-7-12-6-13(17)4-5-15(12)20-14/h4-6,9,14,18H,7-8H2,1-3H3. The van der Waals surface area contributed by atoms with Gasteiger partial charge in [-0.2, -0.15) is 0 Å². The van der Waals surface area contributed by atoms with Gasteiger partial charge in [0, 0.05) is 28.4 Å². The van der Waals surface area contributed by atoms with E-state index in [9.17, 15) is 0 Å². The van der Waals surface area contributed by atoms with Gasteiger partial charge in [0.15, 0.2) is 0 Å². The minimum absolute atomic E-state index is 0.214. The van der Waals surface area contributed by atoms with Crippen molar-refractivity contribution in [2.75, 3.05) is 6.54 Å². The van der Waals surface area contributed by atoms with E-state index in [1.165, 1.54) is 10.4 Å². The molecule has 0 saturated heterocycles. The topological polar surface area (TPSA) is 34.2 Å². The summed E-state index contributed by atoms with van der Waals surface area (Å²) in [5.41, 5.74) is 2.42. The highest BCUT2D eigenvalue weighted by Crippen LogP contribution is 2.31. The molecule has 112 valence electrons. The zero-order valence-corrected chi connectivity index (χ0v) is 14.8. The second-order valence-electron chi connectivity index (χ2n) is 5.51. The Hall–Kier alpha value is -0.910. The quantitative estimate of drug-likeness (QED) is 0.881. The number of ether oxygens (including phenoxy) is 1. The molecule has 1 aliphatic heterocycles. The fraction of sp³-hybridized carbons (Fsp3) is 0.438. The Bertz CT molecular complexity index is 656. The number of nitrogens with one attached hydrogen (secondary N) is 1. The molecule has 0 amide bonds. The molecule has 0 spiro atoms. The van der Waals surface area contributed by atoms with Gasteiger partial charge < -0.3 is 10.1 Å². The molecule has 2 heterocycles. The number of aromatic nitrogens is 1. The van der Waals surface area contributed by atoms with E-state index in [1.807, 2.05) is 12.1 Å². The van der Waals surface area contributed by atoms with Crippen LogP contribution in [0.5, 0.6) is 5.75 Å². The van der Waals surface area contributed by atoms with Crippen LogP contribution in [0.3, 0.4) is 0 Å². The largest absolute Gasteiger partial charge is 0.488 e. The Kier molecular flexibility index (Phi) is 4.33. The van der Waals surface area contributed by atoms with Crippen molar-refractivity contribution in [2.45, 2.75) is 39.3 Å². The highest BCUT2D eigenvalue weighted by molar-refractivity contribution is 9.10. The predicted octanol–water partition coefficient (Wildman–Crippen LogP) is 4.18. The van der Waals surface area contributed by atoms with E-state index in [0.717, 1.165) is 33.9 Å². The number of fused-ring (bicyclic) bond motifs is 1. The van der Waals surface area contributed by atoms with Crippen molar-refractivity contribution in [1.82, 2.24) is 10.3 Å². The minimum atomic E-state index is 0.214. The second-order valence-corrected chi connectivity index (χ2v) is 7.66. The fourth-order valence-corrected chi connectivity index (χ4v) is 4.12. The van der Waals surface area contributed by atoms with Crippen molar-refractivity contribution < 1.29 is 4.74 Å². The van der Waals surface area contributed by atoms with E-state index < -0.39 is 0 Å². The van der Waals surface area contributed by atoms with Crippen LogP contribution in [-0.2, 0) is 6.42 Å². The zero-order chi connectivity index (χ0) is 15.0. The lowest BCUT2D eigenvalue weighted by Crippen LogP contribution is -2.31. The summed E-state index contributed by atoms with van der Waals surface area (Å²) in [6, 6.07) is 6.53. The molecule has 2 aromatic rings. The SMILES string of the molecule is Cc1nc(C)c(C(C)NCC2Cc3cc(Br)ccc3O2)s1. The lowest BCUT2D eigenvalue weighted by molar-refractivity contribution is 0.223. The molecule has 0 bridgehead atoms. The van der Waals surface area contributed by atoms with E-state index in [4.69, 9.17) is 4.74 Å². The van der Waals surface area contributed by atoms with Crippen LogP contribution in [0.15, 0.2) is 22.7 Å². The van der Waals surface area contributed by atoms with Crippen molar-refractivity contribution >= 4 is 27.3 Å². The molecule has 1 aliphatic rings. The predicted molar refractivity (Wildman–Crippen MR) is 90.3 cm³/mol. The van der Waals surface area contributed by atoms with Crippen LogP contribution in [0, 0.1) is 13.8 Å². The first-order chi connectivity index (χ1) is 10.0. The summed E-state index contributed by atoms with van der Waals surface area (Å²) in [4.78, 5) is 5.82. The number of thiazole rings is 1. The summed E-state index contributed by atoms with van der Waals surface area (Å²) in [6.07, 6.45) is 1.18. The average molecular weight is 367 g/mol. The van der Waals surface area contributed by atoms with E-state index in [-0.39, 0.29) is 6.10 Å². The first-order valence-electron chi connectivity index (χ1n) is 7.15. The lowest BCUT2D eigenvalue weighted by Gasteiger charge is -2.16. The number of nitrogens with zero attached hydrogens (tertiary/aromatic N) is 1. The summed E-state index contributed by atoms with van der Waals surface area (Å²) >= 11 is 5.28. The van der Waals surface area contributed by atoms with E-state index in [2.05, 4.69) is 53.1 Å². The van der Waals surface area contributed by atoms with Gasteiger partial charge in [-0.25, -0.2) is 4.98 Å². The summed E-state index contributed by atoms with van der Waals surface area (Å²) < 4.78 is 7.10. The molecule has 1 aromatic heterocycles. The van der Waals surface area contributed by atoms with Gasteiger partial charge in [-0.1, -0.05) is 15.9 Å². The molecule has 1 N–H and O–H groups in total. The number of rotatable bonds is 4. The molecular formula is C16H19BrN2OS. The fourth-order valence-electron chi connectivity index (χ4n) is 2.75. The number of aryl methyl sites for hydroxylation is 2. The molecule has 5 heteroatoms. The molecule has 1 aromatic carbocycles. The number of benzene rings is 1. The van der Waals surface area contributed by atoms with Crippen molar-refractivity contribution in [3.63, 3.8) is 0 Å². The Balaban J connectivity index is 1.58. The van der Waals surface area contributed by atoms with Gasteiger partial charge in [0.25, 0.3) is 0 Å². The number of hydrogen-bond donors (Lipinski definition) is 1. The maximum atomic E-state index is 5.99. The molecule has 21 heavy (non-hydrogen) atoms. The molecule has 0 saturated carbocycles. The van der Waals surface area contributed by atoms with Crippen LogP contribution in [0.2, 0.25) is 0 Å². The molecule has 3 nitrogen and oxygen atoms in total. The maximum Gasteiger partial charge on any atom is 0.123 e. The number of hydrogen-bond acceptors (Lipinski definition) is 4. The first kappa shape index (κ1) is 15.0. The lowest BCUT2D eigenvalue weighted by atomic mass is 10.1.